The van der Waals surface area contributed by atoms with Crippen LogP contribution in [0, 0.1) is 6.92 Å². The van der Waals surface area contributed by atoms with Gasteiger partial charge in [0, 0.05) is 37.3 Å². The molecule has 0 unspecified atom stereocenters. The molecule has 3 rings (SSSR count). The highest BCUT2D eigenvalue weighted by molar-refractivity contribution is 6.27. The lowest BCUT2D eigenvalue weighted by Crippen LogP contribution is -2.47. The van der Waals surface area contributed by atoms with Crippen molar-refractivity contribution >= 4 is 34.4 Å². The van der Waals surface area contributed by atoms with E-state index in [0.717, 1.165) is 60.4 Å². The van der Waals surface area contributed by atoms with E-state index < -0.39 is 11.9 Å². The first-order chi connectivity index (χ1) is 14.2. The summed E-state index contributed by atoms with van der Waals surface area (Å²) in [6.07, 6.45) is 0.859. The Balaban J connectivity index is 0.000000469. The zero-order valence-corrected chi connectivity index (χ0v) is 17.5. The molecule has 0 bridgehead atoms. The molecule has 1 fully saturated rings. The van der Waals surface area contributed by atoms with Crippen LogP contribution >= 0.6 is 0 Å². The van der Waals surface area contributed by atoms with E-state index >= 15 is 0 Å². The second-order valence-corrected chi connectivity index (χ2v) is 7.17. The summed E-state index contributed by atoms with van der Waals surface area (Å²) in [5.74, 6) is -3.59. The molecule has 1 amide bonds. The number of piperazine rings is 1. The van der Waals surface area contributed by atoms with Gasteiger partial charge >= 0.3 is 11.9 Å². The molecule has 0 saturated carbocycles. The van der Waals surface area contributed by atoms with E-state index in [9.17, 15) is 4.79 Å². The molecular weight excluding hydrogens is 388 g/mol. The van der Waals surface area contributed by atoms with Crippen LogP contribution in [0.2, 0.25) is 0 Å². The highest BCUT2D eigenvalue weighted by atomic mass is 16.4. The summed E-state index contributed by atoms with van der Waals surface area (Å²) >= 11 is 0. The summed E-state index contributed by atoms with van der Waals surface area (Å²) in [5, 5.41) is 18.9. The predicted molar refractivity (Wildman–Crippen MR) is 114 cm³/mol. The van der Waals surface area contributed by atoms with E-state index in [1.54, 1.807) is 0 Å². The molecule has 0 aliphatic carbocycles. The van der Waals surface area contributed by atoms with Gasteiger partial charge in [-0.2, -0.15) is 0 Å². The fourth-order valence-electron chi connectivity index (χ4n) is 3.25. The lowest BCUT2D eigenvalue weighted by Gasteiger charge is -2.31. The van der Waals surface area contributed by atoms with Crippen LogP contribution in [0.4, 0.5) is 5.69 Å². The second-order valence-electron chi connectivity index (χ2n) is 7.17. The molecule has 1 aromatic heterocycles. The minimum absolute atomic E-state index is 0.0565. The van der Waals surface area contributed by atoms with Crippen molar-refractivity contribution in [2.24, 2.45) is 0 Å². The summed E-state index contributed by atoms with van der Waals surface area (Å²) in [6, 6.07) is 8.01. The number of carboxylic acids is 2. The average molecular weight is 416 g/mol. The molecule has 30 heavy (non-hydrogen) atoms. The standard InChI is InChI=1S/C19H26N4O.C2H2O4/c1-4-16-14(2)19(15-7-5-6-8-17(15)20-16)21-18(24)13-23-11-9-22(3)10-12-23;3-1(4)2(5)6/h5-8H,4,9-13H2,1-3H3,(H,20,21,24);(H,3,4)(H,5,6). The van der Waals surface area contributed by atoms with Crippen LogP contribution in [0.25, 0.3) is 10.9 Å². The topological polar surface area (TPSA) is 123 Å². The second kappa shape index (κ2) is 10.7. The summed E-state index contributed by atoms with van der Waals surface area (Å²) in [5.41, 5.74) is 3.97. The van der Waals surface area contributed by atoms with Gasteiger partial charge in [-0.3, -0.25) is 14.7 Å². The van der Waals surface area contributed by atoms with Gasteiger partial charge in [0.1, 0.15) is 0 Å². The zero-order chi connectivity index (χ0) is 22.3. The summed E-state index contributed by atoms with van der Waals surface area (Å²) in [4.78, 5) is 40.0. The third kappa shape index (κ3) is 6.23. The number of likely N-dealkylation sites (N-methyl/N-ethyl adjacent to an activating group) is 1. The largest absolute Gasteiger partial charge is 0.473 e. The zero-order valence-electron chi connectivity index (χ0n) is 17.5. The number of carbonyl (C=O) groups is 3. The maximum atomic E-state index is 12.6. The van der Waals surface area contributed by atoms with Crippen LogP contribution in [-0.2, 0) is 20.8 Å². The van der Waals surface area contributed by atoms with Crippen molar-refractivity contribution in [3.8, 4) is 0 Å². The molecule has 9 heteroatoms. The number of pyridine rings is 1. The first-order valence-electron chi connectivity index (χ1n) is 9.78. The number of hydrogen-bond donors (Lipinski definition) is 3. The molecule has 1 saturated heterocycles. The molecule has 0 radical (unpaired) electrons. The van der Waals surface area contributed by atoms with Crippen molar-refractivity contribution in [1.82, 2.24) is 14.8 Å². The van der Waals surface area contributed by atoms with Crippen LogP contribution in [0.15, 0.2) is 24.3 Å². The van der Waals surface area contributed by atoms with E-state index in [4.69, 9.17) is 24.8 Å². The van der Waals surface area contributed by atoms with Gasteiger partial charge in [-0.25, -0.2) is 9.59 Å². The van der Waals surface area contributed by atoms with Crippen LogP contribution in [0.5, 0.6) is 0 Å². The van der Waals surface area contributed by atoms with Gasteiger partial charge in [0.25, 0.3) is 0 Å². The maximum absolute atomic E-state index is 12.6. The van der Waals surface area contributed by atoms with Crippen molar-refractivity contribution in [2.45, 2.75) is 20.3 Å². The molecule has 1 aliphatic heterocycles. The van der Waals surface area contributed by atoms with Gasteiger partial charge in [-0.1, -0.05) is 25.1 Å². The number of carbonyl (C=O) groups excluding carboxylic acids is 1. The molecule has 1 aromatic carbocycles. The van der Waals surface area contributed by atoms with Gasteiger partial charge in [0.05, 0.1) is 17.7 Å². The number of fused-ring (bicyclic) bond motifs is 1. The first-order valence-corrected chi connectivity index (χ1v) is 9.78. The molecular formula is C21H28N4O5. The Morgan fingerprint density at radius 3 is 2.23 bits per heavy atom. The number of aryl methyl sites for hydroxylation is 1. The molecule has 9 nitrogen and oxygen atoms in total. The first kappa shape index (κ1) is 23.2. The monoisotopic (exact) mass is 416 g/mol. The Labute approximate surface area is 175 Å². The Bertz CT molecular complexity index is 911. The number of para-hydroxylation sites is 1. The Hall–Kier alpha value is -3.04. The van der Waals surface area contributed by atoms with Crippen molar-refractivity contribution in [2.75, 3.05) is 45.1 Å². The molecule has 0 spiro atoms. The van der Waals surface area contributed by atoms with E-state index in [1.807, 2.05) is 31.2 Å². The van der Waals surface area contributed by atoms with Crippen molar-refractivity contribution in [3.05, 3.63) is 35.5 Å². The normalized spacial score (nSPS) is 14.6. The van der Waals surface area contributed by atoms with E-state index in [0.29, 0.717) is 6.54 Å². The number of hydrogen-bond acceptors (Lipinski definition) is 6. The molecule has 162 valence electrons. The third-order valence-corrected chi connectivity index (χ3v) is 4.98. The van der Waals surface area contributed by atoms with Crippen LogP contribution in [0.3, 0.4) is 0 Å². The lowest BCUT2D eigenvalue weighted by atomic mass is 10.1. The molecule has 2 heterocycles. The van der Waals surface area contributed by atoms with Crippen molar-refractivity contribution < 1.29 is 24.6 Å². The fourth-order valence-corrected chi connectivity index (χ4v) is 3.25. The number of anilines is 1. The number of nitrogens with zero attached hydrogens (tertiary/aromatic N) is 3. The maximum Gasteiger partial charge on any atom is 0.414 e. The Morgan fingerprint density at radius 2 is 1.67 bits per heavy atom. The molecule has 3 N–H and O–H groups in total. The lowest BCUT2D eigenvalue weighted by molar-refractivity contribution is -0.159. The number of carboxylic acid groups (broad SMARTS) is 2. The Morgan fingerprint density at radius 1 is 1.07 bits per heavy atom. The number of amides is 1. The van der Waals surface area contributed by atoms with E-state index in [-0.39, 0.29) is 5.91 Å². The molecule has 0 atom stereocenters. The number of aromatic nitrogens is 1. The quantitative estimate of drug-likeness (QED) is 0.640. The van der Waals surface area contributed by atoms with Gasteiger partial charge in [0.2, 0.25) is 5.91 Å². The SMILES string of the molecule is CCc1nc2ccccc2c(NC(=O)CN2CCN(C)CC2)c1C.O=C(O)C(=O)O. The fraction of sp³-hybridized carbons (Fsp3) is 0.429. The van der Waals surface area contributed by atoms with Crippen molar-refractivity contribution in [3.63, 3.8) is 0 Å². The summed E-state index contributed by atoms with van der Waals surface area (Å²) in [7, 11) is 2.12. The van der Waals surface area contributed by atoms with Gasteiger partial charge in [-0.15, -0.1) is 0 Å². The van der Waals surface area contributed by atoms with Crippen LogP contribution in [-0.4, -0.2) is 82.6 Å². The smallest absolute Gasteiger partial charge is 0.414 e. The van der Waals surface area contributed by atoms with Gasteiger partial charge in [-0.05, 0) is 32.0 Å². The number of benzene rings is 1. The predicted octanol–water partition coefficient (Wildman–Crippen LogP) is 1.45. The van der Waals surface area contributed by atoms with E-state index in [2.05, 4.69) is 29.1 Å². The minimum atomic E-state index is -1.82. The van der Waals surface area contributed by atoms with Crippen LogP contribution < -0.4 is 5.32 Å². The Kier molecular flexibility index (Phi) is 8.25. The van der Waals surface area contributed by atoms with Gasteiger partial charge in [0.15, 0.2) is 0 Å². The minimum Gasteiger partial charge on any atom is -0.473 e. The van der Waals surface area contributed by atoms with Gasteiger partial charge < -0.3 is 20.4 Å². The average Bonchev–Trinajstić information content (AvgIpc) is 2.72. The molecule has 2 aromatic rings. The molecule has 1 aliphatic rings. The number of rotatable bonds is 4. The van der Waals surface area contributed by atoms with Crippen LogP contribution in [0.1, 0.15) is 18.2 Å². The third-order valence-electron chi connectivity index (χ3n) is 4.98. The highest BCUT2D eigenvalue weighted by Crippen LogP contribution is 2.28. The number of nitrogens with one attached hydrogen (secondary N) is 1. The summed E-state index contributed by atoms with van der Waals surface area (Å²) in [6.45, 7) is 8.52. The highest BCUT2D eigenvalue weighted by Gasteiger charge is 2.18. The van der Waals surface area contributed by atoms with Crippen molar-refractivity contribution in [1.29, 1.82) is 0 Å². The number of aliphatic carboxylic acids is 2. The summed E-state index contributed by atoms with van der Waals surface area (Å²) < 4.78 is 0. The van der Waals surface area contributed by atoms with E-state index in [1.165, 1.54) is 0 Å².